The molecule has 0 bridgehead atoms. The lowest BCUT2D eigenvalue weighted by atomic mass is 10.0. The van der Waals surface area contributed by atoms with Gasteiger partial charge in [-0.15, -0.1) is 0 Å². The Hall–Kier alpha value is -3.77. The van der Waals surface area contributed by atoms with Gasteiger partial charge in [-0.25, -0.2) is 0 Å². The third-order valence-corrected chi connectivity index (χ3v) is 6.77. The van der Waals surface area contributed by atoms with Crippen LogP contribution in [0, 0.1) is 0 Å². The fraction of sp³-hybridized carbons (Fsp3) is 0.222. The smallest absolute Gasteiger partial charge is 0.197 e. The van der Waals surface area contributed by atoms with Crippen molar-refractivity contribution in [2.75, 3.05) is 19.6 Å². The van der Waals surface area contributed by atoms with Gasteiger partial charge in [-0.3, -0.25) is 19.3 Å². The molecule has 5 aromatic rings. The van der Waals surface area contributed by atoms with Crippen LogP contribution >= 0.6 is 0 Å². The van der Waals surface area contributed by atoms with E-state index in [1.165, 1.54) is 6.42 Å². The quantitative estimate of drug-likeness (QED) is 0.325. The number of piperidine rings is 1. The standard InChI is InChI=1S/C27H23N3O3/c31-24(15-30-11-4-1-5-12-30)17-8-6-9-18-25(17)29-23-14-19-22(13-20(23)27(18)33)28-21-10-3-2-7-16(21)26(19)32/h2-3,6-10,13-14H,1,4-5,11-12,15H2,(H,28,32)(H,29,33). The molecule has 0 radical (unpaired) electrons. The second kappa shape index (κ2) is 7.67. The van der Waals surface area contributed by atoms with Crippen molar-refractivity contribution >= 4 is 49.4 Å². The number of aromatic nitrogens is 2. The lowest BCUT2D eigenvalue weighted by Gasteiger charge is -2.25. The topological polar surface area (TPSA) is 86.0 Å². The molecular formula is C27H23N3O3. The zero-order valence-electron chi connectivity index (χ0n) is 18.1. The van der Waals surface area contributed by atoms with E-state index in [2.05, 4.69) is 14.9 Å². The van der Waals surface area contributed by atoms with Crippen LogP contribution in [0.5, 0.6) is 0 Å². The summed E-state index contributed by atoms with van der Waals surface area (Å²) in [5.74, 6) is 0.00197. The summed E-state index contributed by atoms with van der Waals surface area (Å²) in [5, 5.41) is 2.08. The fourth-order valence-electron chi connectivity index (χ4n) is 5.06. The number of Topliss-reactive ketones (excluding diaryl/α,β-unsaturated/α-hetero) is 1. The summed E-state index contributed by atoms with van der Waals surface area (Å²) < 4.78 is 0. The number of nitrogens with one attached hydrogen (secondary N) is 2. The maximum atomic E-state index is 13.4. The van der Waals surface area contributed by atoms with Gasteiger partial charge in [0.2, 0.25) is 0 Å². The second-order valence-electron chi connectivity index (χ2n) is 8.89. The Balaban J connectivity index is 1.57. The van der Waals surface area contributed by atoms with E-state index >= 15 is 0 Å². The van der Waals surface area contributed by atoms with Gasteiger partial charge in [-0.1, -0.05) is 24.6 Å². The Morgan fingerprint density at radius 3 is 2.18 bits per heavy atom. The molecule has 1 aliphatic rings. The monoisotopic (exact) mass is 437 g/mol. The van der Waals surface area contributed by atoms with Gasteiger partial charge in [0.25, 0.3) is 0 Å². The molecule has 0 saturated carbocycles. The summed E-state index contributed by atoms with van der Waals surface area (Å²) >= 11 is 0. The lowest BCUT2D eigenvalue weighted by Crippen LogP contribution is -2.34. The van der Waals surface area contributed by atoms with Crippen LogP contribution in [0.2, 0.25) is 0 Å². The summed E-state index contributed by atoms with van der Waals surface area (Å²) in [5.41, 5.74) is 2.72. The molecule has 0 unspecified atom stereocenters. The van der Waals surface area contributed by atoms with Crippen molar-refractivity contribution in [3.63, 3.8) is 0 Å². The number of H-pyrrole nitrogens is 2. The van der Waals surface area contributed by atoms with E-state index in [0.717, 1.165) is 31.4 Å². The van der Waals surface area contributed by atoms with Crippen LogP contribution in [0.1, 0.15) is 29.6 Å². The highest BCUT2D eigenvalue weighted by Gasteiger charge is 2.19. The number of likely N-dealkylation sites (tertiary alicyclic amines) is 1. The lowest BCUT2D eigenvalue weighted by molar-refractivity contribution is 0.0917. The van der Waals surface area contributed by atoms with Crippen molar-refractivity contribution in [1.82, 2.24) is 14.9 Å². The molecular weight excluding hydrogens is 414 g/mol. The van der Waals surface area contributed by atoms with E-state index in [-0.39, 0.29) is 16.6 Å². The van der Waals surface area contributed by atoms with E-state index in [1.54, 1.807) is 36.4 Å². The van der Waals surface area contributed by atoms with Crippen molar-refractivity contribution in [1.29, 1.82) is 0 Å². The number of nitrogens with zero attached hydrogens (tertiary/aromatic N) is 1. The normalized spacial score (nSPS) is 15.0. The maximum Gasteiger partial charge on any atom is 0.197 e. The zero-order chi connectivity index (χ0) is 22.5. The average molecular weight is 437 g/mol. The maximum absolute atomic E-state index is 13.4. The van der Waals surface area contributed by atoms with Gasteiger partial charge in [-0.05, 0) is 62.3 Å². The van der Waals surface area contributed by atoms with Crippen molar-refractivity contribution in [3.8, 4) is 0 Å². The van der Waals surface area contributed by atoms with Crippen molar-refractivity contribution in [2.24, 2.45) is 0 Å². The molecule has 1 aliphatic heterocycles. The van der Waals surface area contributed by atoms with Gasteiger partial charge in [0, 0.05) is 32.6 Å². The molecule has 2 N–H and O–H groups in total. The van der Waals surface area contributed by atoms with Gasteiger partial charge in [0.1, 0.15) is 0 Å². The van der Waals surface area contributed by atoms with Crippen LogP contribution in [0.4, 0.5) is 0 Å². The number of pyridine rings is 2. The Labute approximate surface area is 188 Å². The van der Waals surface area contributed by atoms with Crippen LogP contribution in [-0.2, 0) is 0 Å². The molecule has 2 aromatic heterocycles. The van der Waals surface area contributed by atoms with Crippen LogP contribution in [0.3, 0.4) is 0 Å². The van der Waals surface area contributed by atoms with Gasteiger partial charge in [-0.2, -0.15) is 0 Å². The molecule has 0 amide bonds. The van der Waals surface area contributed by atoms with E-state index in [0.29, 0.717) is 50.2 Å². The first-order valence-corrected chi connectivity index (χ1v) is 11.4. The number of fused-ring (bicyclic) bond motifs is 4. The van der Waals surface area contributed by atoms with Crippen LogP contribution < -0.4 is 10.9 Å². The molecule has 33 heavy (non-hydrogen) atoms. The molecule has 1 saturated heterocycles. The molecule has 3 heterocycles. The minimum absolute atomic E-state index is 0.00197. The summed E-state index contributed by atoms with van der Waals surface area (Å²) in [6, 6.07) is 16.1. The predicted molar refractivity (Wildman–Crippen MR) is 132 cm³/mol. The van der Waals surface area contributed by atoms with E-state index in [9.17, 15) is 14.4 Å². The third kappa shape index (κ3) is 3.26. The summed E-state index contributed by atoms with van der Waals surface area (Å²) in [6.07, 6.45) is 3.43. The van der Waals surface area contributed by atoms with Crippen molar-refractivity contribution < 1.29 is 4.79 Å². The zero-order valence-corrected chi connectivity index (χ0v) is 18.1. The second-order valence-corrected chi connectivity index (χ2v) is 8.89. The molecule has 0 atom stereocenters. The molecule has 1 fully saturated rings. The Kier molecular flexibility index (Phi) is 4.62. The molecule has 6 nitrogen and oxygen atoms in total. The van der Waals surface area contributed by atoms with Crippen molar-refractivity contribution in [2.45, 2.75) is 19.3 Å². The van der Waals surface area contributed by atoms with E-state index in [4.69, 9.17) is 0 Å². The SMILES string of the molecule is O=C(CN1CCCCC1)c1cccc2c(=O)c3cc4[nH]c5ccccc5c(=O)c4cc3[nH]c12. The van der Waals surface area contributed by atoms with Crippen LogP contribution in [-0.4, -0.2) is 40.3 Å². The molecule has 6 heteroatoms. The molecule has 164 valence electrons. The van der Waals surface area contributed by atoms with Gasteiger partial charge < -0.3 is 9.97 Å². The van der Waals surface area contributed by atoms with Gasteiger partial charge in [0.05, 0.1) is 23.1 Å². The van der Waals surface area contributed by atoms with Gasteiger partial charge >= 0.3 is 0 Å². The highest BCUT2D eigenvalue weighted by molar-refractivity contribution is 6.10. The van der Waals surface area contributed by atoms with E-state index < -0.39 is 0 Å². The molecule has 6 rings (SSSR count). The number of carbonyl (C=O) groups excluding carboxylic acids is 1. The number of hydrogen-bond acceptors (Lipinski definition) is 4. The Morgan fingerprint density at radius 1 is 0.727 bits per heavy atom. The number of para-hydroxylation sites is 2. The van der Waals surface area contributed by atoms with Crippen LogP contribution in [0.25, 0.3) is 43.6 Å². The third-order valence-electron chi connectivity index (χ3n) is 6.77. The summed E-state index contributed by atoms with van der Waals surface area (Å²) in [7, 11) is 0. The first kappa shape index (κ1) is 19.9. The van der Waals surface area contributed by atoms with Gasteiger partial charge in [0.15, 0.2) is 16.6 Å². The average Bonchev–Trinajstić information content (AvgIpc) is 2.84. The number of rotatable bonds is 3. The highest BCUT2D eigenvalue weighted by atomic mass is 16.1. The number of benzene rings is 3. The van der Waals surface area contributed by atoms with Crippen LogP contribution in [0.15, 0.2) is 64.2 Å². The van der Waals surface area contributed by atoms with Crippen molar-refractivity contribution in [3.05, 3.63) is 80.6 Å². The number of carbonyl (C=O) groups is 1. The predicted octanol–water partition coefficient (Wildman–Crippen LogP) is 4.34. The number of ketones is 1. The summed E-state index contributed by atoms with van der Waals surface area (Å²) in [4.78, 5) is 48.5. The minimum Gasteiger partial charge on any atom is -0.354 e. The highest BCUT2D eigenvalue weighted by Crippen LogP contribution is 2.23. The molecule has 0 spiro atoms. The Bertz CT molecular complexity index is 1690. The molecule has 3 aromatic carbocycles. The van der Waals surface area contributed by atoms with E-state index in [1.807, 2.05) is 18.2 Å². The summed E-state index contributed by atoms with van der Waals surface area (Å²) in [6.45, 7) is 2.21. The molecule has 0 aliphatic carbocycles. The minimum atomic E-state index is -0.151. The number of hydrogen-bond donors (Lipinski definition) is 2. The number of aromatic amines is 2. The first-order chi connectivity index (χ1) is 16.1. The first-order valence-electron chi connectivity index (χ1n) is 11.4. The largest absolute Gasteiger partial charge is 0.354 e. The fourth-order valence-corrected chi connectivity index (χ4v) is 5.06. The Morgan fingerprint density at radius 2 is 1.39 bits per heavy atom.